The molecule has 0 amide bonds. The maximum absolute atomic E-state index is 13.8. The monoisotopic (exact) mass is 298 g/mol. The first kappa shape index (κ1) is 14.3. The van der Waals surface area contributed by atoms with Gasteiger partial charge < -0.3 is 10.1 Å². The number of morpholine rings is 1. The van der Waals surface area contributed by atoms with Crippen LogP contribution < -0.4 is 5.32 Å². The Morgan fingerprint density at radius 1 is 1.40 bits per heavy atom. The van der Waals surface area contributed by atoms with E-state index in [4.69, 9.17) is 16.3 Å². The average Bonchev–Trinajstić information content (AvgIpc) is 3.26. The molecule has 2 fully saturated rings. The molecule has 1 heterocycles. The van der Waals surface area contributed by atoms with Gasteiger partial charge in [-0.1, -0.05) is 11.6 Å². The van der Waals surface area contributed by atoms with Crippen LogP contribution in [0.4, 0.5) is 4.39 Å². The maximum atomic E-state index is 13.8. The van der Waals surface area contributed by atoms with Crippen LogP contribution >= 0.6 is 11.6 Å². The molecule has 1 aliphatic heterocycles. The Kier molecular flexibility index (Phi) is 4.56. The first-order valence-corrected chi connectivity index (χ1v) is 7.59. The molecule has 0 radical (unpaired) electrons. The summed E-state index contributed by atoms with van der Waals surface area (Å²) in [5.74, 6) is -0.185. The van der Waals surface area contributed by atoms with Crippen LogP contribution in [-0.2, 0) is 11.3 Å². The Hall–Kier alpha value is -0.680. The molecule has 20 heavy (non-hydrogen) atoms. The smallest absolute Gasteiger partial charge is 0.127 e. The van der Waals surface area contributed by atoms with Crippen LogP contribution in [-0.4, -0.2) is 43.3 Å². The third-order valence-corrected chi connectivity index (χ3v) is 4.19. The van der Waals surface area contributed by atoms with E-state index < -0.39 is 0 Å². The largest absolute Gasteiger partial charge is 0.378 e. The van der Waals surface area contributed by atoms with Crippen molar-refractivity contribution in [2.24, 2.45) is 0 Å². The van der Waals surface area contributed by atoms with Crippen LogP contribution in [0.5, 0.6) is 0 Å². The van der Waals surface area contributed by atoms with Gasteiger partial charge in [0.15, 0.2) is 0 Å². The lowest BCUT2D eigenvalue weighted by atomic mass is 10.1. The molecule has 3 nitrogen and oxygen atoms in total. The Morgan fingerprint density at radius 3 is 3.05 bits per heavy atom. The van der Waals surface area contributed by atoms with E-state index >= 15 is 0 Å². The van der Waals surface area contributed by atoms with Gasteiger partial charge in [-0.2, -0.15) is 0 Å². The summed E-state index contributed by atoms with van der Waals surface area (Å²) in [6, 6.07) is 5.74. The topological polar surface area (TPSA) is 24.5 Å². The van der Waals surface area contributed by atoms with Crippen molar-refractivity contribution < 1.29 is 9.13 Å². The minimum absolute atomic E-state index is 0.185. The number of nitrogens with zero attached hydrogens (tertiary/aromatic N) is 1. The lowest BCUT2D eigenvalue weighted by molar-refractivity contribution is -0.0114. The number of nitrogens with one attached hydrogen (secondary N) is 1. The predicted octanol–water partition coefficient (Wildman–Crippen LogP) is 2.43. The van der Waals surface area contributed by atoms with Gasteiger partial charge in [0.2, 0.25) is 0 Å². The highest BCUT2D eigenvalue weighted by Crippen LogP contribution is 2.21. The fraction of sp³-hybridized carbons (Fsp3) is 0.600. The quantitative estimate of drug-likeness (QED) is 0.903. The number of ether oxygens (including phenoxy) is 1. The molecule has 0 bridgehead atoms. The number of rotatable bonds is 5. The molecule has 5 heteroatoms. The van der Waals surface area contributed by atoms with Crippen molar-refractivity contribution in [1.29, 1.82) is 0 Å². The molecule has 110 valence electrons. The molecule has 1 saturated heterocycles. The lowest BCUT2D eigenvalue weighted by Crippen LogP contribution is -2.50. The summed E-state index contributed by atoms with van der Waals surface area (Å²) in [7, 11) is 0. The molecular weight excluding hydrogens is 279 g/mol. The zero-order chi connectivity index (χ0) is 13.9. The van der Waals surface area contributed by atoms with Gasteiger partial charge in [-0.15, -0.1) is 0 Å². The van der Waals surface area contributed by atoms with Gasteiger partial charge >= 0.3 is 0 Å². The van der Waals surface area contributed by atoms with Gasteiger partial charge in [0.1, 0.15) is 5.82 Å². The molecule has 1 atom stereocenters. The molecule has 0 spiro atoms. The average molecular weight is 299 g/mol. The van der Waals surface area contributed by atoms with Gasteiger partial charge in [-0.05, 0) is 31.0 Å². The fourth-order valence-corrected chi connectivity index (χ4v) is 2.75. The van der Waals surface area contributed by atoms with E-state index in [0.29, 0.717) is 42.4 Å². The molecule has 1 saturated carbocycles. The molecule has 0 aromatic heterocycles. The van der Waals surface area contributed by atoms with E-state index in [1.54, 1.807) is 12.1 Å². The SMILES string of the molecule is Fc1ccc(Cl)cc1CN1CCOCC1CNC1CC1. The zero-order valence-corrected chi connectivity index (χ0v) is 12.2. The van der Waals surface area contributed by atoms with Gasteiger partial charge in [0.05, 0.1) is 13.2 Å². The van der Waals surface area contributed by atoms with Crippen molar-refractivity contribution in [2.45, 2.75) is 31.5 Å². The van der Waals surface area contributed by atoms with E-state index in [1.165, 1.54) is 18.9 Å². The van der Waals surface area contributed by atoms with Crippen molar-refractivity contribution in [2.75, 3.05) is 26.3 Å². The Labute approximate surface area is 124 Å². The molecule has 2 aliphatic rings. The van der Waals surface area contributed by atoms with Crippen LogP contribution in [0.2, 0.25) is 5.02 Å². The predicted molar refractivity (Wildman–Crippen MR) is 77.5 cm³/mol. The summed E-state index contributed by atoms with van der Waals surface area (Å²) < 4.78 is 19.4. The van der Waals surface area contributed by atoms with Crippen molar-refractivity contribution >= 4 is 11.6 Å². The van der Waals surface area contributed by atoms with Gasteiger partial charge in [-0.3, -0.25) is 4.90 Å². The molecule has 1 aromatic carbocycles. The maximum Gasteiger partial charge on any atom is 0.127 e. The Balaban J connectivity index is 1.64. The van der Waals surface area contributed by atoms with Crippen molar-refractivity contribution in [3.05, 3.63) is 34.6 Å². The van der Waals surface area contributed by atoms with Crippen LogP contribution in [0.25, 0.3) is 0 Å². The van der Waals surface area contributed by atoms with Crippen LogP contribution in [0.15, 0.2) is 18.2 Å². The van der Waals surface area contributed by atoms with Crippen LogP contribution in [0.1, 0.15) is 18.4 Å². The van der Waals surface area contributed by atoms with E-state index in [-0.39, 0.29) is 5.82 Å². The summed E-state index contributed by atoms with van der Waals surface area (Å²) in [6.07, 6.45) is 2.55. The molecule has 3 rings (SSSR count). The standard InChI is InChI=1S/C15H20ClFN2O/c16-12-1-4-15(17)11(7-12)9-19-5-6-20-10-14(19)8-18-13-2-3-13/h1,4,7,13-14,18H,2-3,5-6,8-10H2. The van der Waals surface area contributed by atoms with E-state index in [0.717, 1.165) is 13.1 Å². The number of hydrogen-bond donors (Lipinski definition) is 1. The number of benzene rings is 1. The van der Waals surface area contributed by atoms with Gasteiger partial charge in [0, 0.05) is 42.3 Å². The third kappa shape index (κ3) is 3.70. The summed E-state index contributed by atoms with van der Waals surface area (Å²) in [4.78, 5) is 2.29. The highest BCUT2D eigenvalue weighted by molar-refractivity contribution is 6.30. The Bertz CT molecular complexity index is 467. The fourth-order valence-electron chi connectivity index (χ4n) is 2.56. The molecule has 1 aliphatic carbocycles. The first-order valence-electron chi connectivity index (χ1n) is 7.21. The molecule has 1 N–H and O–H groups in total. The molecule has 1 unspecified atom stereocenters. The van der Waals surface area contributed by atoms with Crippen LogP contribution in [0, 0.1) is 5.82 Å². The third-order valence-electron chi connectivity index (χ3n) is 3.95. The first-order chi connectivity index (χ1) is 9.72. The molecular formula is C15H20ClFN2O. The zero-order valence-electron chi connectivity index (χ0n) is 11.4. The van der Waals surface area contributed by atoms with Crippen molar-refractivity contribution in [3.8, 4) is 0 Å². The number of hydrogen-bond acceptors (Lipinski definition) is 3. The summed E-state index contributed by atoms with van der Waals surface area (Å²) in [6.45, 7) is 3.76. The van der Waals surface area contributed by atoms with Crippen molar-refractivity contribution in [3.63, 3.8) is 0 Å². The normalized spacial score (nSPS) is 24.0. The van der Waals surface area contributed by atoms with E-state index in [2.05, 4.69) is 10.2 Å². The second kappa shape index (κ2) is 6.39. The summed E-state index contributed by atoms with van der Waals surface area (Å²) in [5.41, 5.74) is 0.663. The second-order valence-corrected chi connectivity index (χ2v) is 6.05. The number of halogens is 2. The summed E-state index contributed by atoms with van der Waals surface area (Å²) in [5, 5.41) is 4.11. The lowest BCUT2D eigenvalue weighted by Gasteiger charge is -2.36. The Morgan fingerprint density at radius 2 is 2.25 bits per heavy atom. The minimum atomic E-state index is -0.185. The van der Waals surface area contributed by atoms with Gasteiger partial charge in [-0.25, -0.2) is 4.39 Å². The highest BCUT2D eigenvalue weighted by Gasteiger charge is 2.27. The summed E-state index contributed by atoms with van der Waals surface area (Å²) >= 11 is 5.96. The highest BCUT2D eigenvalue weighted by atomic mass is 35.5. The van der Waals surface area contributed by atoms with E-state index in [1.807, 2.05) is 0 Å². The van der Waals surface area contributed by atoms with Crippen molar-refractivity contribution in [1.82, 2.24) is 10.2 Å². The van der Waals surface area contributed by atoms with Crippen LogP contribution in [0.3, 0.4) is 0 Å². The second-order valence-electron chi connectivity index (χ2n) is 5.62. The molecule has 1 aromatic rings. The van der Waals surface area contributed by atoms with Gasteiger partial charge in [0.25, 0.3) is 0 Å². The van der Waals surface area contributed by atoms with E-state index in [9.17, 15) is 4.39 Å². The minimum Gasteiger partial charge on any atom is -0.378 e.